The monoisotopic (exact) mass is 530 g/mol. The van der Waals surface area contributed by atoms with Gasteiger partial charge in [0.05, 0.1) is 6.61 Å². The molecule has 2 N–H and O–H groups in total. The molecule has 162 valence electrons. The van der Waals surface area contributed by atoms with E-state index in [1.54, 1.807) is 18.4 Å². The molecule has 0 aliphatic carbocycles. The number of hydrogen-bond donors (Lipinski definition) is 2. The summed E-state index contributed by atoms with van der Waals surface area (Å²) in [5, 5.41) is 8.95. The van der Waals surface area contributed by atoms with E-state index in [0.717, 1.165) is 44.4 Å². The average molecular weight is 531 g/mol. The number of thiophene rings is 1. The van der Waals surface area contributed by atoms with Crippen LogP contribution in [0.3, 0.4) is 0 Å². The number of guanidine groups is 1. The summed E-state index contributed by atoms with van der Waals surface area (Å²) in [5.74, 6) is 1.73. The second-order valence-corrected chi connectivity index (χ2v) is 8.74. The first-order valence-corrected chi connectivity index (χ1v) is 10.6. The molecule has 29 heavy (non-hydrogen) atoms. The summed E-state index contributed by atoms with van der Waals surface area (Å²) in [6, 6.07) is 12.5. The van der Waals surface area contributed by atoms with E-state index in [2.05, 4.69) is 78.1 Å². The maximum atomic E-state index is 5.79. The highest BCUT2D eigenvalue weighted by Gasteiger charge is 2.21. The van der Waals surface area contributed by atoms with Crippen LogP contribution in [0, 0.1) is 0 Å². The molecule has 7 heteroatoms. The van der Waals surface area contributed by atoms with Crippen molar-refractivity contribution in [2.24, 2.45) is 4.99 Å². The minimum Gasteiger partial charge on any atom is -0.494 e. The van der Waals surface area contributed by atoms with Crippen molar-refractivity contribution >= 4 is 41.3 Å². The number of benzene rings is 1. The lowest BCUT2D eigenvalue weighted by atomic mass is 9.91. The van der Waals surface area contributed by atoms with Crippen LogP contribution >= 0.6 is 35.3 Å². The molecular formula is C22H35IN4OS. The van der Waals surface area contributed by atoms with Crippen molar-refractivity contribution in [3.05, 3.63) is 52.2 Å². The molecule has 2 aromatic rings. The molecule has 0 saturated heterocycles. The fourth-order valence-corrected chi connectivity index (χ4v) is 3.59. The molecule has 1 aromatic carbocycles. The van der Waals surface area contributed by atoms with Crippen LogP contribution in [0.1, 0.15) is 30.7 Å². The van der Waals surface area contributed by atoms with Gasteiger partial charge in [-0.3, -0.25) is 4.99 Å². The zero-order valence-corrected chi connectivity index (χ0v) is 21.3. The van der Waals surface area contributed by atoms with E-state index in [-0.39, 0.29) is 29.4 Å². The van der Waals surface area contributed by atoms with Crippen LogP contribution in [0.4, 0.5) is 0 Å². The first-order chi connectivity index (χ1) is 13.4. The Labute approximate surface area is 197 Å². The number of rotatable bonds is 10. The van der Waals surface area contributed by atoms with Crippen molar-refractivity contribution < 1.29 is 4.74 Å². The molecule has 1 aromatic heterocycles. The topological polar surface area (TPSA) is 48.9 Å². The minimum absolute atomic E-state index is 0. The highest BCUT2D eigenvalue weighted by atomic mass is 127. The minimum atomic E-state index is 0. The van der Waals surface area contributed by atoms with Gasteiger partial charge < -0.3 is 20.3 Å². The summed E-state index contributed by atoms with van der Waals surface area (Å²) in [4.78, 5) is 7.88. The standard InChI is InChI=1S/C22H34N4OS.HI/c1-22(2,20-8-6-15-28-20)17-25-21(23-3)24-16-18-9-11-19(12-10-18)27-14-7-13-26(4)5;/h6,8-12,15H,7,13-14,16-17H2,1-5H3,(H2,23,24,25);1H. The largest absolute Gasteiger partial charge is 0.494 e. The Balaban J connectivity index is 0.00000420. The van der Waals surface area contributed by atoms with E-state index >= 15 is 0 Å². The fourth-order valence-electron chi connectivity index (χ4n) is 2.74. The lowest BCUT2D eigenvalue weighted by Gasteiger charge is -2.25. The third kappa shape index (κ3) is 9.35. The summed E-state index contributed by atoms with van der Waals surface area (Å²) in [6.45, 7) is 7.82. The number of hydrogen-bond acceptors (Lipinski definition) is 4. The van der Waals surface area contributed by atoms with Crippen molar-refractivity contribution in [2.45, 2.75) is 32.2 Å². The van der Waals surface area contributed by atoms with Gasteiger partial charge in [-0.15, -0.1) is 35.3 Å². The molecule has 2 rings (SSSR count). The van der Waals surface area contributed by atoms with Gasteiger partial charge in [-0.25, -0.2) is 0 Å². The molecule has 0 bridgehead atoms. The molecule has 0 aliphatic heterocycles. The molecule has 0 aliphatic rings. The molecule has 0 fully saturated rings. The Bertz CT molecular complexity index is 715. The number of halogens is 1. The van der Waals surface area contributed by atoms with Gasteiger partial charge in [0, 0.05) is 37.0 Å². The van der Waals surface area contributed by atoms with Crippen LogP contribution in [-0.4, -0.2) is 51.7 Å². The quantitative estimate of drug-likeness (QED) is 0.208. The molecule has 0 radical (unpaired) electrons. The van der Waals surface area contributed by atoms with Gasteiger partial charge in [-0.1, -0.05) is 32.0 Å². The Morgan fingerprint density at radius 1 is 1.14 bits per heavy atom. The van der Waals surface area contributed by atoms with Crippen LogP contribution in [-0.2, 0) is 12.0 Å². The molecular weight excluding hydrogens is 495 g/mol. The molecule has 0 atom stereocenters. The first kappa shape index (κ1) is 25.7. The second-order valence-electron chi connectivity index (χ2n) is 7.79. The van der Waals surface area contributed by atoms with Crippen molar-refractivity contribution in [3.8, 4) is 5.75 Å². The molecule has 0 saturated carbocycles. The Morgan fingerprint density at radius 2 is 1.86 bits per heavy atom. The van der Waals surface area contributed by atoms with Gasteiger partial charge in [-0.05, 0) is 49.7 Å². The molecule has 0 spiro atoms. The van der Waals surface area contributed by atoms with E-state index in [1.807, 2.05) is 12.1 Å². The molecule has 0 amide bonds. The van der Waals surface area contributed by atoms with Crippen LogP contribution < -0.4 is 15.4 Å². The molecule has 0 unspecified atom stereocenters. The van der Waals surface area contributed by atoms with Gasteiger partial charge in [-0.2, -0.15) is 0 Å². The smallest absolute Gasteiger partial charge is 0.191 e. The third-order valence-electron chi connectivity index (χ3n) is 4.51. The molecule has 1 heterocycles. The van der Waals surface area contributed by atoms with E-state index in [4.69, 9.17) is 4.74 Å². The van der Waals surface area contributed by atoms with Gasteiger partial charge in [0.15, 0.2) is 5.96 Å². The van der Waals surface area contributed by atoms with Crippen LogP contribution in [0.5, 0.6) is 5.75 Å². The third-order valence-corrected chi connectivity index (χ3v) is 5.75. The number of nitrogens with zero attached hydrogens (tertiary/aromatic N) is 2. The summed E-state index contributed by atoms with van der Waals surface area (Å²) in [5.41, 5.74) is 1.26. The van der Waals surface area contributed by atoms with Gasteiger partial charge in [0.2, 0.25) is 0 Å². The van der Waals surface area contributed by atoms with Crippen LogP contribution in [0.25, 0.3) is 0 Å². The van der Waals surface area contributed by atoms with Gasteiger partial charge >= 0.3 is 0 Å². The van der Waals surface area contributed by atoms with Crippen LogP contribution in [0.15, 0.2) is 46.8 Å². The molecule has 5 nitrogen and oxygen atoms in total. The van der Waals surface area contributed by atoms with Crippen molar-refractivity contribution in [2.75, 3.05) is 40.8 Å². The highest BCUT2D eigenvalue weighted by Crippen LogP contribution is 2.26. The number of ether oxygens (including phenoxy) is 1. The second kappa shape index (κ2) is 13.1. The zero-order chi connectivity index (χ0) is 20.4. The first-order valence-electron chi connectivity index (χ1n) is 9.76. The zero-order valence-electron chi connectivity index (χ0n) is 18.2. The summed E-state index contributed by atoms with van der Waals surface area (Å²) >= 11 is 1.79. The maximum absolute atomic E-state index is 5.79. The van der Waals surface area contributed by atoms with Gasteiger partial charge in [0.1, 0.15) is 5.75 Å². The van der Waals surface area contributed by atoms with E-state index < -0.39 is 0 Å². The van der Waals surface area contributed by atoms with Crippen molar-refractivity contribution in [3.63, 3.8) is 0 Å². The maximum Gasteiger partial charge on any atom is 0.191 e. The van der Waals surface area contributed by atoms with Crippen LogP contribution in [0.2, 0.25) is 0 Å². The SMILES string of the molecule is CN=C(NCc1ccc(OCCCN(C)C)cc1)NCC(C)(C)c1cccs1.I. The number of aliphatic imine (C=N–C) groups is 1. The fraction of sp³-hybridized carbons (Fsp3) is 0.500. The normalized spacial score (nSPS) is 11.9. The summed E-state index contributed by atoms with van der Waals surface area (Å²) in [6.07, 6.45) is 1.03. The van der Waals surface area contributed by atoms with E-state index in [1.165, 1.54) is 10.4 Å². The summed E-state index contributed by atoms with van der Waals surface area (Å²) in [7, 11) is 5.96. The number of nitrogens with one attached hydrogen (secondary N) is 2. The van der Waals surface area contributed by atoms with Crippen molar-refractivity contribution in [1.82, 2.24) is 15.5 Å². The van der Waals surface area contributed by atoms with E-state index in [9.17, 15) is 0 Å². The predicted octanol–water partition coefficient (Wildman–Crippen LogP) is 4.34. The predicted molar refractivity (Wildman–Crippen MR) is 136 cm³/mol. The average Bonchev–Trinajstić information content (AvgIpc) is 3.22. The summed E-state index contributed by atoms with van der Waals surface area (Å²) < 4.78 is 5.79. The van der Waals surface area contributed by atoms with E-state index in [0.29, 0.717) is 0 Å². The van der Waals surface area contributed by atoms with Crippen molar-refractivity contribution in [1.29, 1.82) is 0 Å². The lowest BCUT2D eigenvalue weighted by Crippen LogP contribution is -2.42. The highest BCUT2D eigenvalue weighted by molar-refractivity contribution is 14.0. The Morgan fingerprint density at radius 3 is 2.45 bits per heavy atom. The Kier molecular flexibility index (Phi) is 11.6. The lowest BCUT2D eigenvalue weighted by molar-refractivity contribution is 0.281. The Hall–Kier alpha value is -1.32. The van der Waals surface area contributed by atoms with Gasteiger partial charge in [0.25, 0.3) is 0 Å².